The quantitative estimate of drug-likeness (QED) is 0.749. The molecule has 0 amide bonds. The van der Waals surface area contributed by atoms with Crippen molar-refractivity contribution in [2.24, 2.45) is 5.41 Å². The highest BCUT2D eigenvalue weighted by Crippen LogP contribution is 2.22. The van der Waals surface area contributed by atoms with Crippen molar-refractivity contribution in [3.05, 3.63) is 24.8 Å². The van der Waals surface area contributed by atoms with E-state index in [1.165, 1.54) is 0 Å². The zero-order valence-electron chi connectivity index (χ0n) is 9.64. The Morgan fingerprint density at radius 3 is 2.80 bits per heavy atom. The predicted molar refractivity (Wildman–Crippen MR) is 59.5 cm³/mol. The van der Waals surface area contributed by atoms with Crippen LogP contribution in [0.3, 0.4) is 0 Å². The molecule has 0 saturated heterocycles. The first-order valence-electron chi connectivity index (χ1n) is 5.15. The molecule has 0 saturated carbocycles. The van der Waals surface area contributed by atoms with Crippen molar-refractivity contribution in [1.29, 1.82) is 0 Å². The average molecular weight is 209 g/mol. The lowest BCUT2D eigenvalue weighted by atomic mass is 9.87. The Labute approximate surface area is 90.6 Å². The Hall–Kier alpha value is -1.16. The molecular formula is C11H19N3O. The Bertz CT molecular complexity index is 332. The largest absolute Gasteiger partial charge is 0.395 e. The summed E-state index contributed by atoms with van der Waals surface area (Å²) in [5.41, 5.74) is -0.320. The number of aliphatic hydroxyl groups is 1. The second kappa shape index (κ2) is 4.57. The molecule has 1 heterocycles. The van der Waals surface area contributed by atoms with Gasteiger partial charge in [0.05, 0.1) is 6.61 Å². The minimum atomic E-state index is -0.320. The molecule has 0 fully saturated rings. The summed E-state index contributed by atoms with van der Waals surface area (Å²) < 4.78 is 1.87. The zero-order chi connectivity index (χ0) is 11.5. The maximum Gasteiger partial charge on any atom is 0.138 e. The summed E-state index contributed by atoms with van der Waals surface area (Å²) in [6, 6.07) is 0.287. The molecule has 84 valence electrons. The first kappa shape index (κ1) is 11.9. The number of aromatic nitrogens is 3. The van der Waals surface area contributed by atoms with Gasteiger partial charge in [0.25, 0.3) is 0 Å². The Kier molecular flexibility index (Phi) is 3.63. The van der Waals surface area contributed by atoms with Crippen molar-refractivity contribution < 1.29 is 5.11 Å². The first-order valence-corrected chi connectivity index (χ1v) is 5.15. The van der Waals surface area contributed by atoms with Crippen molar-refractivity contribution in [2.45, 2.75) is 33.2 Å². The van der Waals surface area contributed by atoms with Crippen LogP contribution >= 0.6 is 0 Å². The van der Waals surface area contributed by atoms with Crippen molar-refractivity contribution in [3.8, 4) is 0 Å². The minimum Gasteiger partial charge on any atom is -0.395 e. The lowest BCUT2D eigenvalue weighted by Gasteiger charge is -2.22. The van der Waals surface area contributed by atoms with Gasteiger partial charge in [0.15, 0.2) is 0 Å². The van der Waals surface area contributed by atoms with E-state index in [0.717, 1.165) is 5.82 Å². The molecule has 1 unspecified atom stereocenters. The molecule has 0 bridgehead atoms. The monoisotopic (exact) mass is 209 g/mol. The summed E-state index contributed by atoms with van der Waals surface area (Å²) in [6.45, 7) is 9.89. The van der Waals surface area contributed by atoms with Gasteiger partial charge in [-0.1, -0.05) is 13.0 Å². The number of nitrogens with zero attached hydrogens (tertiary/aromatic N) is 3. The van der Waals surface area contributed by atoms with Crippen LogP contribution in [-0.4, -0.2) is 26.5 Å². The maximum atomic E-state index is 9.28. The number of aliphatic hydroxyl groups excluding tert-OH is 1. The SMILES string of the molecule is C=CC(C)(CO)Cc1ncnn1C(C)C. The Morgan fingerprint density at radius 1 is 1.67 bits per heavy atom. The lowest BCUT2D eigenvalue weighted by Crippen LogP contribution is -2.24. The van der Waals surface area contributed by atoms with Crippen LogP contribution in [0.1, 0.15) is 32.6 Å². The fraction of sp³-hybridized carbons (Fsp3) is 0.636. The zero-order valence-corrected chi connectivity index (χ0v) is 9.64. The average Bonchev–Trinajstić information content (AvgIpc) is 2.65. The van der Waals surface area contributed by atoms with E-state index in [2.05, 4.69) is 30.5 Å². The highest BCUT2D eigenvalue weighted by molar-refractivity contribution is 5.00. The Balaban J connectivity index is 2.88. The molecule has 1 aromatic heterocycles. The summed E-state index contributed by atoms with van der Waals surface area (Å²) in [4.78, 5) is 4.21. The van der Waals surface area contributed by atoms with E-state index < -0.39 is 0 Å². The summed E-state index contributed by atoms with van der Waals surface area (Å²) in [5, 5.41) is 13.4. The highest BCUT2D eigenvalue weighted by Gasteiger charge is 2.23. The van der Waals surface area contributed by atoms with Gasteiger partial charge in [-0.3, -0.25) is 0 Å². The molecule has 4 nitrogen and oxygen atoms in total. The lowest BCUT2D eigenvalue weighted by molar-refractivity contribution is 0.180. The van der Waals surface area contributed by atoms with E-state index in [9.17, 15) is 5.11 Å². The van der Waals surface area contributed by atoms with E-state index >= 15 is 0 Å². The third-order valence-corrected chi connectivity index (χ3v) is 2.55. The van der Waals surface area contributed by atoms with Gasteiger partial charge in [0.1, 0.15) is 12.2 Å². The third kappa shape index (κ3) is 2.65. The fourth-order valence-electron chi connectivity index (χ4n) is 1.39. The molecule has 1 rings (SSSR count). The molecule has 4 heteroatoms. The minimum absolute atomic E-state index is 0.0709. The van der Waals surface area contributed by atoms with Gasteiger partial charge >= 0.3 is 0 Å². The number of hydrogen-bond donors (Lipinski definition) is 1. The summed E-state index contributed by atoms with van der Waals surface area (Å²) in [6.07, 6.45) is 3.98. The summed E-state index contributed by atoms with van der Waals surface area (Å²) in [7, 11) is 0. The molecule has 1 N–H and O–H groups in total. The van der Waals surface area contributed by atoms with Crippen LogP contribution in [-0.2, 0) is 6.42 Å². The molecule has 1 aromatic rings. The second-order valence-corrected chi connectivity index (χ2v) is 4.41. The number of hydrogen-bond acceptors (Lipinski definition) is 3. The smallest absolute Gasteiger partial charge is 0.138 e. The van der Waals surface area contributed by atoms with Crippen LogP contribution in [0.4, 0.5) is 0 Å². The Morgan fingerprint density at radius 2 is 2.33 bits per heavy atom. The first-order chi connectivity index (χ1) is 7.02. The van der Waals surface area contributed by atoms with Gasteiger partial charge < -0.3 is 5.11 Å². The van der Waals surface area contributed by atoms with E-state index in [0.29, 0.717) is 6.42 Å². The van der Waals surface area contributed by atoms with Crippen LogP contribution in [0.2, 0.25) is 0 Å². The predicted octanol–water partition coefficient (Wildman–Crippen LogP) is 1.59. The summed E-state index contributed by atoms with van der Waals surface area (Å²) >= 11 is 0. The molecule has 0 aromatic carbocycles. The van der Waals surface area contributed by atoms with Crippen molar-refractivity contribution in [3.63, 3.8) is 0 Å². The van der Waals surface area contributed by atoms with Gasteiger partial charge in [0.2, 0.25) is 0 Å². The number of rotatable bonds is 5. The highest BCUT2D eigenvalue weighted by atomic mass is 16.3. The van der Waals surface area contributed by atoms with E-state index in [4.69, 9.17) is 0 Å². The van der Waals surface area contributed by atoms with Gasteiger partial charge in [-0.15, -0.1) is 6.58 Å². The van der Waals surface area contributed by atoms with E-state index in [1.807, 2.05) is 11.6 Å². The van der Waals surface area contributed by atoms with Crippen LogP contribution < -0.4 is 0 Å². The van der Waals surface area contributed by atoms with Crippen LogP contribution in [0.15, 0.2) is 19.0 Å². The fourth-order valence-corrected chi connectivity index (χ4v) is 1.39. The molecule has 0 radical (unpaired) electrons. The summed E-state index contributed by atoms with van der Waals surface area (Å²) in [5.74, 6) is 0.890. The van der Waals surface area contributed by atoms with Gasteiger partial charge in [-0.25, -0.2) is 9.67 Å². The molecule has 1 atom stereocenters. The molecule has 0 aliphatic rings. The molecule has 0 aliphatic carbocycles. The van der Waals surface area contributed by atoms with E-state index in [1.54, 1.807) is 12.4 Å². The molecule has 15 heavy (non-hydrogen) atoms. The van der Waals surface area contributed by atoms with Gasteiger partial charge in [-0.2, -0.15) is 5.10 Å². The van der Waals surface area contributed by atoms with Crippen molar-refractivity contribution >= 4 is 0 Å². The van der Waals surface area contributed by atoms with Crippen LogP contribution in [0.5, 0.6) is 0 Å². The topological polar surface area (TPSA) is 50.9 Å². The second-order valence-electron chi connectivity index (χ2n) is 4.41. The van der Waals surface area contributed by atoms with Crippen LogP contribution in [0.25, 0.3) is 0 Å². The molecule has 0 aliphatic heterocycles. The third-order valence-electron chi connectivity index (χ3n) is 2.55. The molecule has 0 spiro atoms. The maximum absolute atomic E-state index is 9.28. The normalized spacial score (nSPS) is 15.3. The molecular weight excluding hydrogens is 190 g/mol. The van der Waals surface area contributed by atoms with Crippen LogP contribution in [0, 0.1) is 5.41 Å². The van der Waals surface area contributed by atoms with Crippen molar-refractivity contribution in [1.82, 2.24) is 14.8 Å². The van der Waals surface area contributed by atoms with Gasteiger partial charge in [0, 0.05) is 17.9 Å². The van der Waals surface area contributed by atoms with E-state index in [-0.39, 0.29) is 18.1 Å². The standard InChI is InChI=1S/C11H19N3O/c1-5-11(4,7-15)6-10-12-8-13-14(10)9(2)3/h5,8-9,15H,1,6-7H2,2-4H3. The van der Waals surface area contributed by atoms with Crippen molar-refractivity contribution in [2.75, 3.05) is 6.61 Å². The van der Waals surface area contributed by atoms with Gasteiger partial charge in [-0.05, 0) is 13.8 Å².